The summed E-state index contributed by atoms with van der Waals surface area (Å²) in [5.41, 5.74) is 0. The number of carboxylic acids is 1. The van der Waals surface area contributed by atoms with E-state index in [-0.39, 0.29) is 0 Å². The van der Waals surface area contributed by atoms with Crippen molar-refractivity contribution in [3.05, 3.63) is 30.6 Å². The van der Waals surface area contributed by atoms with Gasteiger partial charge in [-0.2, -0.15) is 4.57 Å². The molecule has 0 radical (unpaired) electrons. The molecule has 0 aliphatic carbocycles. The van der Waals surface area contributed by atoms with Crippen LogP contribution in [-0.2, 0) is 4.79 Å². The van der Waals surface area contributed by atoms with E-state index in [0.717, 1.165) is 19.3 Å². The molecule has 1 N–H and O–H groups in total. The molecule has 0 saturated heterocycles. The van der Waals surface area contributed by atoms with Gasteiger partial charge in [-0.1, -0.05) is 90.0 Å². The average molecular weight is 349 g/mol. The van der Waals surface area contributed by atoms with Crippen molar-refractivity contribution >= 4 is 5.97 Å². The maximum Gasteiger partial charge on any atom is 0.373 e. The number of unbranched alkanes of at least 4 members (excludes halogenated alkanes) is 12. The van der Waals surface area contributed by atoms with Crippen LogP contribution in [0.2, 0.25) is 0 Å². The van der Waals surface area contributed by atoms with Gasteiger partial charge in [0.15, 0.2) is 12.4 Å². The average Bonchev–Trinajstić information content (AvgIpc) is 2.62. The van der Waals surface area contributed by atoms with Gasteiger partial charge in [-0.25, -0.2) is 4.79 Å². The van der Waals surface area contributed by atoms with Crippen LogP contribution >= 0.6 is 0 Å². The second-order valence-electron chi connectivity index (χ2n) is 7.21. The first-order valence-corrected chi connectivity index (χ1v) is 10.4. The molecule has 1 heterocycles. The van der Waals surface area contributed by atoms with Gasteiger partial charge in [0.1, 0.15) is 0 Å². The third-order valence-electron chi connectivity index (χ3n) is 4.96. The van der Waals surface area contributed by atoms with Gasteiger partial charge in [0.2, 0.25) is 0 Å². The van der Waals surface area contributed by atoms with Gasteiger partial charge in [-0.05, 0) is 6.42 Å². The van der Waals surface area contributed by atoms with Crippen LogP contribution in [0.25, 0.3) is 0 Å². The van der Waals surface area contributed by atoms with E-state index in [4.69, 9.17) is 0 Å². The van der Waals surface area contributed by atoms with Crippen molar-refractivity contribution in [2.75, 3.05) is 0 Å². The summed E-state index contributed by atoms with van der Waals surface area (Å²) in [6.45, 7) is 2.27. The summed E-state index contributed by atoms with van der Waals surface area (Å²) in [5.74, 6) is -0.727. The SMILES string of the molecule is CCCCCCCCCCCCCCCC(C(=O)O)[n+]1ccccc1. The second-order valence-corrected chi connectivity index (χ2v) is 7.21. The number of carboxylic acid groups (broad SMARTS) is 1. The zero-order valence-electron chi connectivity index (χ0n) is 16.2. The van der Waals surface area contributed by atoms with Crippen molar-refractivity contribution < 1.29 is 14.5 Å². The molecule has 1 atom stereocenters. The van der Waals surface area contributed by atoms with Crippen LogP contribution < -0.4 is 4.57 Å². The molecule has 1 unspecified atom stereocenters. The maximum atomic E-state index is 11.4. The Morgan fingerprint density at radius 3 is 1.64 bits per heavy atom. The predicted molar refractivity (Wildman–Crippen MR) is 104 cm³/mol. The number of aromatic nitrogens is 1. The summed E-state index contributed by atoms with van der Waals surface area (Å²) in [5, 5.41) is 9.40. The lowest BCUT2D eigenvalue weighted by molar-refractivity contribution is -0.711. The van der Waals surface area contributed by atoms with Crippen molar-refractivity contribution in [1.29, 1.82) is 0 Å². The highest BCUT2D eigenvalue weighted by atomic mass is 16.4. The summed E-state index contributed by atoms with van der Waals surface area (Å²) in [7, 11) is 0. The molecule has 3 heteroatoms. The normalized spacial score (nSPS) is 12.2. The van der Waals surface area contributed by atoms with Crippen molar-refractivity contribution in [2.45, 2.75) is 103 Å². The van der Waals surface area contributed by atoms with E-state index in [0.29, 0.717) is 0 Å². The number of hydrogen-bond acceptors (Lipinski definition) is 1. The number of pyridine rings is 1. The van der Waals surface area contributed by atoms with Crippen LogP contribution in [0.5, 0.6) is 0 Å². The Bertz CT molecular complexity index is 433. The molecule has 1 aromatic rings. The number of carbonyl (C=O) groups is 1. The van der Waals surface area contributed by atoms with Crippen LogP contribution in [0.3, 0.4) is 0 Å². The van der Waals surface area contributed by atoms with E-state index in [1.54, 1.807) is 0 Å². The highest BCUT2D eigenvalue weighted by Gasteiger charge is 2.25. The summed E-state index contributed by atoms with van der Waals surface area (Å²) in [6.07, 6.45) is 21.6. The van der Waals surface area contributed by atoms with Crippen LogP contribution in [0.1, 0.15) is 103 Å². The first-order valence-electron chi connectivity index (χ1n) is 10.4. The molecule has 0 aromatic carbocycles. The monoisotopic (exact) mass is 348 g/mol. The standard InChI is InChI=1S/C22H37NO2/c1-2-3-4-5-6-7-8-9-10-11-12-13-15-18-21(22(24)25)23-19-16-14-17-20-23/h14,16-17,19-21H,2-13,15,18H2,1H3/p+1. The molecule has 0 bridgehead atoms. The lowest BCUT2D eigenvalue weighted by Crippen LogP contribution is -2.43. The Hall–Kier alpha value is -1.38. The van der Waals surface area contributed by atoms with Crippen LogP contribution in [0.4, 0.5) is 0 Å². The Kier molecular flexibility index (Phi) is 12.9. The van der Waals surface area contributed by atoms with Crippen molar-refractivity contribution in [3.8, 4) is 0 Å². The van der Waals surface area contributed by atoms with E-state index in [9.17, 15) is 9.90 Å². The number of rotatable bonds is 16. The minimum atomic E-state index is -0.727. The van der Waals surface area contributed by atoms with Gasteiger partial charge < -0.3 is 5.11 Å². The fraction of sp³-hybridized carbons (Fsp3) is 0.727. The molecular formula is C22H38NO2+. The number of aliphatic carboxylic acids is 1. The fourth-order valence-electron chi connectivity index (χ4n) is 3.38. The predicted octanol–water partition coefficient (Wildman–Crippen LogP) is 6.08. The summed E-state index contributed by atoms with van der Waals surface area (Å²) >= 11 is 0. The van der Waals surface area contributed by atoms with E-state index in [1.165, 1.54) is 70.6 Å². The molecule has 1 aromatic heterocycles. The third kappa shape index (κ3) is 11.0. The molecule has 25 heavy (non-hydrogen) atoms. The third-order valence-corrected chi connectivity index (χ3v) is 4.96. The molecule has 0 aliphatic heterocycles. The van der Waals surface area contributed by atoms with Crippen LogP contribution in [0.15, 0.2) is 30.6 Å². The Morgan fingerprint density at radius 2 is 1.20 bits per heavy atom. The zero-order valence-corrected chi connectivity index (χ0v) is 16.2. The molecule has 0 spiro atoms. The molecule has 142 valence electrons. The maximum absolute atomic E-state index is 11.4. The smallest absolute Gasteiger partial charge is 0.373 e. The minimum Gasteiger partial charge on any atom is -0.476 e. The second kappa shape index (κ2) is 14.9. The van der Waals surface area contributed by atoms with Crippen LogP contribution in [0, 0.1) is 0 Å². The van der Waals surface area contributed by atoms with Crippen molar-refractivity contribution in [3.63, 3.8) is 0 Å². The molecule has 3 nitrogen and oxygen atoms in total. The summed E-state index contributed by atoms with van der Waals surface area (Å²) in [6, 6.07) is 5.27. The minimum absolute atomic E-state index is 0.422. The number of nitrogens with zero attached hydrogens (tertiary/aromatic N) is 1. The van der Waals surface area contributed by atoms with E-state index in [1.807, 2.05) is 35.2 Å². The topological polar surface area (TPSA) is 41.2 Å². The van der Waals surface area contributed by atoms with E-state index < -0.39 is 12.0 Å². The molecule has 0 fully saturated rings. The number of hydrogen-bond donors (Lipinski definition) is 1. The first kappa shape index (κ1) is 21.7. The summed E-state index contributed by atoms with van der Waals surface area (Å²) < 4.78 is 1.81. The van der Waals surface area contributed by atoms with Crippen LogP contribution in [-0.4, -0.2) is 11.1 Å². The molecule has 1 rings (SSSR count). The van der Waals surface area contributed by atoms with Gasteiger partial charge in [0, 0.05) is 18.6 Å². The lowest BCUT2D eigenvalue weighted by atomic mass is 10.0. The van der Waals surface area contributed by atoms with Gasteiger partial charge in [0.25, 0.3) is 6.04 Å². The molecular weight excluding hydrogens is 310 g/mol. The van der Waals surface area contributed by atoms with E-state index >= 15 is 0 Å². The quantitative estimate of drug-likeness (QED) is 0.290. The Balaban J connectivity index is 1.96. The summed E-state index contributed by atoms with van der Waals surface area (Å²) in [4.78, 5) is 11.4. The Morgan fingerprint density at radius 1 is 0.760 bits per heavy atom. The van der Waals surface area contributed by atoms with Gasteiger partial charge in [-0.3, -0.25) is 0 Å². The van der Waals surface area contributed by atoms with Gasteiger partial charge >= 0.3 is 5.97 Å². The highest BCUT2D eigenvalue weighted by Crippen LogP contribution is 2.15. The lowest BCUT2D eigenvalue weighted by Gasteiger charge is -2.07. The first-order chi connectivity index (χ1) is 12.3. The highest BCUT2D eigenvalue weighted by molar-refractivity contribution is 5.69. The Labute approximate surface area is 154 Å². The van der Waals surface area contributed by atoms with Gasteiger partial charge in [0.05, 0.1) is 0 Å². The van der Waals surface area contributed by atoms with Crippen molar-refractivity contribution in [1.82, 2.24) is 0 Å². The largest absolute Gasteiger partial charge is 0.476 e. The van der Waals surface area contributed by atoms with E-state index in [2.05, 4.69) is 6.92 Å². The molecule has 0 saturated carbocycles. The molecule has 0 aliphatic rings. The van der Waals surface area contributed by atoms with Gasteiger partial charge in [-0.15, -0.1) is 0 Å². The zero-order chi connectivity index (χ0) is 18.2. The molecule has 0 amide bonds. The fourth-order valence-corrected chi connectivity index (χ4v) is 3.38. The van der Waals surface area contributed by atoms with Crippen molar-refractivity contribution in [2.24, 2.45) is 0 Å².